The maximum absolute atomic E-state index is 15.0. The lowest BCUT2D eigenvalue weighted by molar-refractivity contribution is 0.295. The van der Waals surface area contributed by atoms with E-state index in [2.05, 4.69) is 6.58 Å². The third kappa shape index (κ3) is 4.65. The quantitative estimate of drug-likeness (QED) is 0.250. The zero-order chi connectivity index (χ0) is 24.2. The van der Waals surface area contributed by atoms with Crippen molar-refractivity contribution in [3.05, 3.63) is 96.1 Å². The second-order valence-electron chi connectivity index (χ2n) is 8.45. The lowest BCUT2D eigenvalue weighted by atomic mass is 9.86. The van der Waals surface area contributed by atoms with E-state index < -0.39 is 23.3 Å². The van der Waals surface area contributed by atoms with E-state index in [-0.39, 0.29) is 29.0 Å². The van der Waals surface area contributed by atoms with Crippen LogP contribution in [0, 0.1) is 29.2 Å². The Morgan fingerprint density at radius 2 is 1.38 bits per heavy atom. The van der Waals surface area contributed by atoms with Crippen LogP contribution >= 0.6 is 0 Å². The van der Waals surface area contributed by atoms with Gasteiger partial charge in [-0.05, 0) is 60.4 Å². The van der Waals surface area contributed by atoms with Gasteiger partial charge in [0.25, 0.3) is 0 Å². The lowest BCUT2D eigenvalue weighted by Crippen LogP contribution is -2.04. The van der Waals surface area contributed by atoms with E-state index in [1.165, 1.54) is 12.1 Å². The van der Waals surface area contributed by atoms with E-state index in [0.29, 0.717) is 29.9 Å². The predicted molar refractivity (Wildman–Crippen MR) is 128 cm³/mol. The molecule has 0 radical (unpaired) electrons. The van der Waals surface area contributed by atoms with Gasteiger partial charge < -0.3 is 4.74 Å². The number of hydrogen-bond acceptors (Lipinski definition) is 1. The van der Waals surface area contributed by atoms with Gasteiger partial charge in [-0.2, -0.15) is 4.39 Å². The Labute approximate surface area is 197 Å². The van der Waals surface area contributed by atoms with Crippen molar-refractivity contribution in [3.63, 3.8) is 0 Å². The SMILES string of the molecule is C=CC1CC=C(c2ccc(-c3ccc(-c4ccc(OCCC)c(F)c4F)cc3)c(F)c2F)CC1. The average Bonchev–Trinajstić information content (AvgIpc) is 2.87. The summed E-state index contributed by atoms with van der Waals surface area (Å²) < 4.78 is 64.1. The van der Waals surface area contributed by atoms with Crippen molar-refractivity contribution in [2.45, 2.75) is 32.6 Å². The molecule has 176 valence electrons. The van der Waals surface area contributed by atoms with E-state index in [1.54, 1.807) is 36.4 Å². The van der Waals surface area contributed by atoms with Crippen molar-refractivity contribution in [1.82, 2.24) is 0 Å². The van der Waals surface area contributed by atoms with Crippen LogP contribution in [0.25, 0.3) is 27.8 Å². The van der Waals surface area contributed by atoms with E-state index >= 15 is 0 Å². The van der Waals surface area contributed by atoms with Crippen molar-refractivity contribution < 1.29 is 22.3 Å². The molecular weight excluding hydrogens is 440 g/mol. The highest BCUT2D eigenvalue weighted by Crippen LogP contribution is 2.36. The van der Waals surface area contributed by atoms with Crippen LogP contribution in [-0.4, -0.2) is 6.61 Å². The van der Waals surface area contributed by atoms with Crippen LogP contribution in [0.5, 0.6) is 5.75 Å². The normalized spacial score (nSPS) is 15.7. The van der Waals surface area contributed by atoms with E-state index in [9.17, 15) is 17.6 Å². The highest BCUT2D eigenvalue weighted by Gasteiger charge is 2.21. The van der Waals surface area contributed by atoms with Crippen LogP contribution in [0.15, 0.2) is 67.3 Å². The lowest BCUT2D eigenvalue weighted by Gasteiger charge is -2.20. The summed E-state index contributed by atoms with van der Waals surface area (Å²) in [5.41, 5.74) is 2.13. The molecule has 0 saturated carbocycles. The summed E-state index contributed by atoms with van der Waals surface area (Å²) in [5, 5.41) is 0. The average molecular weight is 467 g/mol. The van der Waals surface area contributed by atoms with Crippen LogP contribution in [0.1, 0.15) is 38.2 Å². The molecule has 0 spiro atoms. The fourth-order valence-corrected chi connectivity index (χ4v) is 4.24. The smallest absolute Gasteiger partial charge is 0.201 e. The third-order valence-electron chi connectivity index (χ3n) is 6.23. The van der Waals surface area contributed by atoms with Crippen molar-refractivity contribution in [3.8, 4) is 28.0 Å². The molecule has 1 aliphatic rings. The molecule has 1 nitrogen and oxygen atoms in total. The molecule has 5 heteroatoms. The molecule has 0 heterocycles. The molecule has 0 fully saturated rings. The molecule has 1 atom stereocenters. The summed E-state index contributed by atoms with van der Waals surface area (Å²) in [6.45, 7) is 5.96. The molecule has 0 aromatic heterocycles. The molecular formula is C29H26F4O. The molecule has 4 rings (SSSR count). The Morgan fingerprint density at radius 1 is 0.824 bits per heavy atom. The molecule has 1 aliphatic carbocycles. The highest BCUT2D eigenvalue weighted by molar-refractivity contribution is 5.74. The first-order chi connectivity index (χ1) is 16.4. The van der Waals surface area contributed by atoms with Gasteiger partial charge in [0.2, 0.25) is 5.82 Å². The van der Waals surface area contributed by atoms with Crippen LogP contribution in [-0.2, 0) is 0 Å². The number of hydrogen-bond donors (Lipinski definition) is 0. The van der Waals surface area contributed by atoms with Crippen LogP contribution in [0.4, 0.5) is 17.6 Å². The van der Waals surface area contributed by atoms with E-state index in [1.807, 2.05) is 19.1 Å². The molecule has 0 saturated heterocycles. The van der Waals surface area contributed by atoms with Gasteiger partial charge in [0.1, 0.15) is 0 Å². The fraction of sp³-hybridized carbons (Fsp3) is 0.241. The summed E-state index contributed by atoms with van der Waals surface area (Å²) in [7, 11) is 0. The van der Waals surface area contributed by atoms with Gasteiger partial charge in [0, 0.05) is 16.7 Å². The van der Waals surface area contributed by atoms with Crippen molar-refractivity contribution in [2.24, 2.45) is 5.92 Å². The molecule has 1 unspecified atom stereocenters. The molecule has 0 bridgehead atoms. The Morgan fingerprint density at radius 3 is 1.94 bits per heavy atom. The minimum atomic E-state index is -1.05. The van der Waals surface area contributed by atoms with Crippen molar-refractivity contribution >= 4 is 5.57 Å². The van der Waals surface area contributed by atoms with Gasteiger partial charge in [0.15, 0.2) is 23.2 Å². The van der Waals surface area contributed by atoms with Gasteiger partial charge in [-0.3, -0.25) is 0 Å². The van der Waals surface area contributed by atoms with E-state index in [4.69, 9.17) is 4.74 Å². The zero-order valence-corrected chi connectivity index (χ0v) is 19.0. The minimum absolute atomic E-state index is 0.0666. The number of halogens is 4. The summed E-state index contributed by atoms with van der Waals surface area (Å²) in [4.78, 5) is 0. The van der Waals surface area contributed by atoms with Crippen molar-refractivity contribution in [1.29, 1.82) is 0 Å². The molecule has 0 amide bonds. The first-order valence-corrected chi connectivity index (χ1v) is 11.5. The summed E-state index contributed by atoms with van der Waals surface area (Å²) in [5.74, 6) is -3.62. The molecule has 34 heavy (non-hydrogen) atoms. The molecule has 3 aromatic carbocycles. The first kappa shape index (κ1) is 23.8. The van der Waals surface area contributed by atoms with Gasteiger partial charge >= 0.3 is 0 Å². The second-order valence-corrected chi connectivity index (χ2v) is 8.45. The summed E-state index contributed by atoms with van der Waals surface area (Å²) >= 11 is 0. The van der Waals surface area contributed by atoms with Crippen LogP contribution < -0.4 is 4.74 Å². The minimum Gasteiger partial charge on any atom is -0.490 e. The predicted octanol–water partition coefficient (Wildman–Crippen LogP) is 8.74. The fourth-order valence-electron chi connectivity index (χ4n) is 4.24. The summed E-state index contributed by atoms with van der Waals surface area (Å²) in [6, 6.07) is 12.3. The molecule has 0 N–H and O–H groups in total. The Balaban J connectivity index is 1.60. The van der Waals surface area contributed by atoms with Gasteiger partial charge in [0.05, 0.1) is 6.61 Å². The Kier molecular flexibility index (Phi) is 7.20. The number of rotatable bonds is 7. The monoisotopic (exact) mass is 466 g/mol. The standard InChI is InChI=1S/C29H26F4O/c1-3-17-34-25-16-15-24(28(32)29(25)33)21-11-9-20(10-12-21)23-14-13-22(26(30)27(23)31)19-7-5-18(4-2)6-8-19/h4,7,9-16,18H,2-3,5-6,8,17H2,1H3. The van der Waals surface area contributed by atoms with Crippen molar-refractivity contribution in [2.75, 3.05) is 6.61 Å². The first-order valence-electron chi connectivity index (χ1n) is 11.5. The number of ether oxygens (including phenoxy) is 1. The Hall–Kier alpha value is -3.34. The number of benzene rings is 3. The molecule has 3 aromatic rings. The molecule has 0 aliphatic heterocycles. The van der Waals surface area contributed by atoms with E-state index in [0.717, 1.165) is 18.4 Å². The number of allylic oxidation sites excluding steroid dienone is 3. The largest absolute Gasteiger partial charge is 0.490 e. The third-order valence-corrected chi connectivity index (χ3v) is 6.23. The maximum atomic E-state index is 15.0. The Bertz CT molecular complexity index is 1230. The summed E-state index contributed by atoms with van der Waals surface area (Å²) in [6.07, 6.45) is 6.83. The highest BCUT2D eigenvalue weighted by atomic mass is 19.2. The zero-order valence-electron chi connectivity index (χ0n) is 19.0. The topological polar surface area (TPSA) is 9.23 Å². The van der Waals surface area contributed by atoms with Gasteiger partial charge in [-0.25, -0.2) is 13.2 Å². The second kappa shape index (κ2) is 10.3. The van der Waals surface area contributed by atoms with Gasteiger partial charge in [-0.15, -0.1) is 6.58 Å². The maximum Gasteiger partial charge on any atom is 0.201 e. The van der Waals surface area contributed by atoms with Gasteiger partial charge in [-0.1, -0.05) is 55.5 Å². The van der Waals surface area contributed by atoms with Crippen LogP contribution in [0.3, 0.4) is 0 Å². The van der Waals surface area contributed by atoms with Crippen LogP contribution in [0.2, 0.25) is 0 Å².